The van der Waals surface area contributed by atoms with Crippen molar-refractivity contribution in [3.63, 3.8) is 0 Å². The number of nitrogens with one attached hydrogen (secondary N) is 1. The Balaban J connectivity index is 2.29. The van der Waals surface area contributed by atoms with E-state index in [0.717, 1.165) is 18.2 Å². The molecule has 0 aliphatic carbocycles. The molecule has 0 fully saturated rings. The lowest BCUT2D eigenvalue weighted by Crippen LogP contribution is -2.35. The van der Waals surface area contributed by atoms with Crippen LogP contribution in [0.4, 0.5) is 10.1 Å². The Hall–Kier alpha value is -1.93. The smallest absolute Gasteiger partial charge is 0.279 e. The molecule has 1 aromatic heterocycles. The Morgan fingerprint density at radius 3 is 2.71 bits per heavy atom. The third-order valence-corrected chi connectivity index (χ3v) is 3.58. The van der Waals surface area contributed by atoms with Gasteiger partial charge in [0.05, 0.1) is 17.0 Å². The fraction of sp³-hybridized carbons (Fsp3) is 0.385. The first-order valence-electron chi connectivity index (χ1n) is 6.28. The van der Waals surface area contributed by atoms with Gasteiger partial charge >= 0.3 is 0 Å². The van der Waals surface area contributed by atoms with Gasteiger partial charge in [-0.2, -0.15) is 0 Å². The molecule has 0 atom stereocenters. The van der Waals surface area contributed by atoms with Gasteiger partial charge in [-0.15, -0.1) is 10.2 Å². The van der Waals surface area contributed by atoms with Gasteiger partial charge in [0.25, 0.3) is 5.69 Å². The van der Waals surface area contributed by atoms with E-state index < -0.39 is 10.7 Å². The van der Waals surface area contributed by atoms with Gasteiger partial charge < -0.3 is 5.32 Å². The highest BCUT2D eigenvalue weighted by Gasteiger charge is 2.20. The minimum absolute atomic E-state index is 0.0727. The molecule has 8 heteroatoms. The maximum Gasteiger partial charge on any atom is 0.279 e. The molecule has 0 radical (unpaired) electrons. The monoisotopic (exact) mass is 310 g/mol. The minimum Gasteiger partial charge on any atom is -0.306 e. The molecule has 0 bridgehead atoms. The topological polar surface area (TPSA) is 81.0 Å². The second kappa shape index (κ2) is 5.82. The minimum atomic E-state index is -0.552. The lowest BCUT2D eigenvalue weighted by Gasteiger charge is -2.19. The molecule has 1 aromatic carbocycles. The molecule has 0 amide bonds. The van der Waals surface area contributed by atoms with Gasteiger partial charge in [0.15, 0.2) is 5.01 Å². The molecular weight excluding hydrogens is 295 g/mol. The number of benzene rings is 1. The zero-order valence-corrected chi connectivity index (χ0v) is 12.7. The molecule has 6 nitrogen and oxygen atoms in total. The maximum atomic E-state index is 13.3. The van der Waals surface area contributed by atoms with Gasteiger partial charge in [0.1, 0.15) is 10.8 Å². The van der Waals surface area contributed by atoms with Crippen LogP contribution in [0, 0.1) is 15.9 Å². The Bertz CT molecular complexity index is 666. The quantitative estimate of drug-likeness (QED) is 0.693. The third kappa shape index (κ3) is 4.02. The summed E-state index contributed by atoms with van der Waals surface area (Å²) in [5, 5.41) is 23.2. The van der Waals surface area contributed by atoms with E-state index in [1.807, 2.05) is 20.8 Å². The second-order valence-corrected chi connectivity index (χ2v) is 6.59. The van der Waals surface area contributed by atoms with Crippen LogP contribution in [0.1, 0.15) is 25.8 Å². The van der Waals surface area contributed by atoms with Crippen molar-refractivity contribution >= 4 is 17.0 Å². The van der Waals surface area contributed by atoms with Crippen LogP contribution < -0.4 is 5.32 Å². The number of aromatic nitrogens is 2. The Kier molecular flexibility index (Phi) is 4.29. The molecule has 112 valence electrons. The molecule has 2 rings (SSSR count). The predicted molar refractivity (Wildman–Crippen MR) is 78.6 cm³/mol. The van der Waals surface area contributed by atoms with E-state index in [4.69, 9.17) is 0 Å². The van der Waals surface area contributed by atoms with Crippen LogP contribution in [0.2, 0.25) is 0 Å². The molecule has 0 aliphatic heterocycles. The number of hydrogen-bond donors (Lipinski definition) is 1. The summed E-state index contributed by atoms with van der Waals surface area (Å²) in [6.45, 7) is 6.56. The summed E-state index contributed by atoms with van der Waals surface area (Å²) >= 11 is 1.21. The number of nitro groups is 1. The van der Waals surface area contributed by atoms with Crippen LogP contribution in [-0.2, 0) is 6.54 Å². The van der Waals surface area contributed by atoms with Crippen molar-refractivity contribution in [2.24, 2.45) is 0 Å². The molecule has 0 spiro atoms. The molecule has 2 aromatic rings. The van der Waals surface area contributed by atoms with Gasteiger partial charge in [-0.3, -0.25) is 10.1 Å². The number of hydrogen-bond acceptors (Lipinski definition) is 6. The van der Waals surface area contributed by atoms with Crippen LogP contribution in [0.3, 0.4) is 0 Å². The van der Waals surface area contributed by atoms with Crippen LogP contribution >= 0.6 is 11.3 Å². The Morgan fingerprint density at radius 2 is 2.10 bits per heavy atom. The van der Waals surface area contributed by atoms with Gasteiger partial charge in [-0.1, -0.05) is 11.3 Å². The average molecular weight is 310 g/mol. The van der Waals surface area contributed by atoms with Crippen LogP contribution in [0.5, 0.6) is 0 Å². The highest BCUT2D eigenvalue weighted by molar-refractivity contribution is 7.14. The van der Waals surface area contributed by atoms with E-state index in [9.17, 15) is 14.5 Å². The van der Waals surface area contributed by atoms with Gasteiger partial charge in [-0.05, 0) is 32.9 Å². The zero-order chi connectivity index (χ0) is 15.6. The first-order valence-corrected chi connectivity index (χ1v) is 7.09. The fourth-order valence-corrected chi connectivity index (χ4v) is 2.42. The molecule has 1 heterocycles. The van der Waals surface area contributed by atoms with Crippen molar-refractivity contribution in [3.05, 3.63) is 39.1 Å². The fourth-order valence-electron chi connectivity index (χ4n) is 1.61. The normalized spacial score (nSPS) is 11.6. The summed E-state index contributed by atoms with van der Waals surface area (Å²) in [5.74, 6) is -0.542. The van der Waals surface area contributed by atoms with Crippen molar-refractivity contribution < 1.29 is 9.31 Å². The molecule has 0 saturated heterocycles. The van der Waals surface area contributed by atoms with Crippen LogP contribution in [0.25, 0.3) is 10.6 Å². The van der Waals surface area contributed by atoms with Gasteiger partial charge in [0.2, 0.25) is 0 Å². The second-order valence-electron chi connectivity index (χ2n) is 5.52. The summed E-state index contributed by atoms with van der Waals surface area (Å²) in [7, 11) is 0. The number of nitro benzene ring substituents is 1. The lowest BCUT2D eigenvalue weighted by atomic mass is 10.1. The highest BCUT2D eigenvalue weighted by atomic mass is 32.1. The van der Waals surface area contributed by atoms with E-state index >= 15 is 0 Å². The van der Waals surface area contributed by atoms with E-state index in [0.29, 0.717) is 16.6 Å². The summed E-state index contributed by atoms with van der Waals surface area (Å²) in [4.78, 5) is 10.4. The molecule has 0 unspecified atom stereocenters. The molecule has 1 N–H and O–H groups in total. The van der Waals surface area contributed by atoms with E-state index in [1.54, 1.807) is 0 Å². The van der Waals surface area contributed by atoms with Crippen LogP contribution in [-0.4, -0.2) is 20.7 Å². The first kappa shape index (κ1) is 15.5. The van der Waals surface area contributed by atoms with Gasteiger partial charge in [-0.25, -0.2) is 4.39 Å². The number of nitrogens with zero attached hydrogens (tertiary/aromatic N) is 3. The van der Waals surface area contributed by atoms with Crippen molar-refractivity contribution in [2.75, 3.05) is 0 Å². The average Bonchev–Trinajstić information content (AvgIpc) is 2.83. The third-order valence-electron chi connectivity index (χ3n) is 2.62. The van der Waals surface area contributed by atoms with Crippen molar-refractivity contribution in [1.29, 1.82) is 0 Å². The maximum absolute atomic E-state index is 13.3. The molecular formula is C13H15FN4O2S. The Morgan fingerprint density at radius 1 is 1.38 bits per heavy atom. The molecule has 0 saturated carbocycles. The van der Waals surface area contributed by atoms with Crippen molar-refractivity contribution in [1.82, 2.24) is 15.5 Å². The van der Waals surface area contributed by atoms with E-state index in [1.165, 1.54) is 11.3 Å². The number of halogens is 1. The molecule has 21 heavy (non-hydrogen) atoms. The first-order chi connectivity index (χ1) is 9.76. The van der Waals surface area contributed by atoms with Crippen molar-refractivity contribution in [3.8, 4) is 10.6 Å². The SMILES string of the molecule is CC(C)(C)NCc1nnc(-c2cc(F)ccc2[N+](=O)[O-])s1. The zero-order valence-electron chi connectivity index (χ0n) is 11.9. The van der Waals surface area contributed by atoms with Crippen molar-refractivity contribution in [2.45, 2.75) is 32.9 Å². The predicted octanol–water partition coefficient (Wildman–Crippen LogP) is 3.14. The standard InChI is InChI=1S/C13H15FN4O2S/c1-13(2,3)15-7-11-16-17-12(21-11)9-6-8(14)4-5-10(9)18(19)20/h4-6,15H,7H2,1-3H3. The van der Waals surface area contributed by atoms with E-state index in [-0.39, 0.29) is 16.8 Å². The summed E-state index contributed by atoms with van der Waals surface area (Å²) < 4.78 is 13.3. The Labute approximate surface area is 125 Å². The number of rotatable bonds is 4. The van der Waals surface area contributed by atoms with Gasteiger partial charge in [0, 0.05) is 11.6 Å². The van der Waals surface area contributed by atoms with Crippen LogP contribution in [0.15, 0.2) is 18.2 Å². The van der Waals surface area contributed by atoms with E-state index in [2.05, 4.69) is 15.5 Å². The summed E-state index contributed by atoms with van der Waals surface area (Å²) in [6.07, 6.45) is 0. The largest absolute Gasteiger partial charge is 0.306 e. The molecule has 0 aliphatic rings. The highest BCUT2D eigenvalue weighted by Crippen LogP contribution is 2.32. The lowest BCUT2D eigenvalue weighted by molar-refractivity contribution is -0.384. The summed E-state index contributed by atoms with van der Waals surface area (Å²) in [5.41, 5.74) is -0.0983. The summed E-state index contributed by atoms with van der Waals surface area (Å²) in [6, 6.07) is 3.31.